The Bertz CT molecular complexity index is 1810. The van der Waals surface area contributed by atoms with Gasteiger partial charge in [0, 0.05) is 18.8 Å². The van der Waals surface area contributed by atoms with Crippen molar-refractivity contribution in [2.24, 2.45) is 5.92 Å². The Morgan fingerprint density at radius 3 is 1.91 bits per heavy atom. The van der Waals surface area contributed by atoms with Crippen LogP contribution in [0.15, 0.2) is 120 Å². The lowest BCUT2D eigenvalue weighted by Gasteiger charge is -2.28. The molecule has 2 aliphatic rings. The van der Waals surface area contributed by atoms with Crippen LogP contribution < -0.4 is 15.3 Å². The fourth-order valence-electron chi connectivity index (χ4n) is 5.17. The third kappa shape index (κ3) is 6.20. The number of aromatic nitrogens is 1. The molecule has 3 amide bonds. The number of amides is 3. The highest BCUT2D eigenvalue weighted by molar-refractivity contribution is 7.89. The number of aliphatic hydroxyl groups excluding tert-OH is 1. The lowest BCUT2D eigenvalue weighted by atomic mass is 10.0. The molecular weight excluding hydrogens is 606 g/mol. The van der Waals surface area contributed by atoms with Crippen LogP contribution in [-0.4, -0.2) is 47.6 Å². The Labute approximate surface area is 267 Å². The van der Waals surface area contributed by atoms with Crippen LogP contribution >= 0.6 is 0 Å². The molecule has 0 bridgehead atoms. The average Bonchev–Trinajstić information content (AvgIpc) is 3.33. The molecule has 1 saturated heterocycles. The summed E-state index contributed by atoms with van der Waals surface area (Å²) in [5.74, 6) is -1.78. The molecular formula is C34H33N5O6S. The molecule has 12 heteroatoms. The van der Waals surface area contributed by atoms with Gasteiger partial charge in [0.1, 0.15) is 11.7 Å². The number of pyridine rings is 1. The normalized spacial score (nSPS) is 15.7. The molecule has 0 spiro atoms. The Balaban J connectivity index is 0.000000181. The number of para-hydroxylation sites is 2. The van der Waals surface area contributed by atoms with Crippen LogP contribution in [0.5, 0.6) is 0 Å². The molecule has 3 heterocycles. The number of carbonyl (C=O) groups is 3. The zero-order valence-corrected chi connectivity index (χ0v) is 26.1. The van der Waals surface area contributed by atoms with Crippen LogP contribution in [0.4, 0.5) is 17.2 Å². The smallest absolute Gasteiger partial charge is 0.277 e. The topological polar surface area (TPSA) is 140 Å². The van der Waals surface area contributed by atoms with Crippen molar-refractivity contribution in [2.75, 3.05) is 22.4 Å². The van der Waals surface area contributed by atoms with Gasteiger partial charge in [0.25, 0.3) is 27.7 Å². The summed E-state index contributed by atoms with van der Waals surface area (Å²) in [7, 11) is -2.69. The monoisotopic (exact) mass is 639 g/mol. The van der Waals surface area contributed by atoms with Gasteiger partial charge in [0.15, 0.2) is 11.5 Å². The maximum absolute atomic E-state index is 12.9. The Morgan fingerprint density at radius 1 is 0.826 bits per heavy atom. The first-order valence-corrected chi connectivity index (χ1v) is 16.1. The van der Waals surface area contributed by atoms with Crippen LogP contribution in [0.25, 0.3) is 5.76 Å². The molecule has 2 aliphatic heterocycles. The van der Waals surface area contributed by atoms with E-state index >= 15 is 0 Å². The molecule has 3 aromatic carbocycles. The summed E-state index contributed by atoms with van der Waals surface area (Å²) in [6.07, 6.45) is 3.92. The Hall–Kier alpha value is -5.49. The van der Waals surface area contributed by atoms with E-state index in [0.717, 1.165) is 17.1 Å². The fraction of sp³-hybridized carbons (Fsp3) is 0.176. The van der Waals surface area contributed by atoms with Crippen LogP contribution in [0.3, 0.4) is 0 Å². The van der Waals surface area contributed by atoms with Gasteiger partial charge in [-0.1, -0.05) is 74.4 Å². The van der Waals surface area contributed by atoms with Crippen molar-refractivity contribution in [3.05, 3.63) is 121 Å². The number of sulfonamides is 1. The SMILES string of the molecule is CCCCC1C(=O)N(c2ccccc2)N(c2ccccc2)C1=O.CN1C(C(=O)Nc2ccccn2)=C(O)c2ccccc2S1(=O)=O. The van der Waals surface area contributed by atoms with Crippen LogP contribution in [-0.2, 0) is 24.4 Å². The van der Waals surface area contributed by atoms with Crippen molar-refractivity contribution < 1.29 is 27.9 Å². The third-order valence-electron chi connectivity index (χ3n) is 7.50. The summed E-state index contributed by atoms with van der Waals surface area (Å²) in [5.41, 5.74) is 1.17. The highest BCUT2D eigenvalue weighted by atomic mass is 32.2. The minimum atomic E-state index is -3.91. The molecule has 46 heavy (non-hydrogen) atoms. The lowest BCUT2D eigenvalue weighted by molar-refractivity contribution is -0.127. The summed E-state index contributed by atoms with van der Waals surface area (Å²) < 4.78 is 25.8. The number of aliphatic hydroxyl groups is 1. The first-order chi connectivity index (χ1) is 22.2. The standard InChI is InChI=1S/C19H20N2O2.C15H13N3O4S/c1-2-3-14-17-18(22)20(15-10-6-4-7-11-15)21(19(17)23)16-12-8-5-9-13-16;1-18-13(15(20)17-12-8-4-5-9-16-12)14(19)10-6-2-3-7-11(10)23(18,21)22/h4-13,17H,2-3,14H2,1H3;2-9,19H,1H3,(H,16,17,20). The minimum Gasteiger partial charge on any atom is -0.505 e. The number of nitrogens with zero attached hydrogens (tertiary/aromatic N) is 4. The van der Waals surface area contributed by atoms with Crippen LogP contribution in [0.2, 0.25) is 0 Å². The number of hydrogen-bond donors (Lipinski definition) is 2. The molecule has 2 N–H and O–H groups in total. The van der Waals surface area contributed by atoms with Gasteiger partial charge in [-0.3, -0.25) is 18.7 Å². The number of nitrogens with one attached hydrogen (secondary N) is 1. The summed E-state index contributed by atoms with van der Waals surface area (Å²) in [5, 5.41) is 15.9. The number of rotatable bonds is 7. The Morgan fingerprint density at radius 2 is 1.37 bits per heavy atom. The van der Waals surface area contributed by atoms with E-state index in [1.54, 1.807) is 30.3 Å². The number of likely N-dealkylation sites (N-methyl/N-ethyl adjacent to an activating group) is 1. The number of anilines is 3. The quantitative estimate of drug-likeness (QED) is 0.259. The van der Waals surface area contributed by atoms with Gasteiger partial charge in [-0.15, -0.1) is 0 Å². The van der Waals surface area contributed by atoms with E-state index in [-0.39, 0.29) is 33.8 Å². The highest BCUT2D eigenvalue weighted by Crippen LogP contribution is 2.35. The number of carbonyl (C=O) groups excluding carboxylic acids is 3. The van der Waals surface area contributed by atoms with Crippen LogP contribution in [0, 0.1) is 5.92 Å². The molecule has 4 aromatic rings. The van der Waals surface area contributed by atoms with E-state index in [1.165, 1.54) is 35.4 Å². The van der Waals surface area contributed by atoms with E-state index < -0.39 is 27.6 Å². The number of hydrogen-bond acceptors (Lipinski definition) is 7. The maximum Gasteiger partial charge on any atom is 0.277 e. The molecule has 1 aromatic heterocycles. The van der Waals surface area contributed by atoms with Crippen LogP contribution in [0.1, 0.15) is 31.7 Å². The fourth-order valence-corrected chi connectivity index (χ4v) is 6.57. The summed E-state index contributed by atoms with van der Waals surface area (Å²) in [4.78, 5) is 42.0. The number of hydrazine groups is 1. The van der Waals surface area contributed by atoms with Gasteiger partial charge < -0.3 is 10.4 Å². The highest BCUT2D eigenvalue weighted by Gasteiger charge is 2.46. The second-order valence-corrected chi connectivity index (χ2v) is 12.4. The number of benzene rings is 3. The van der Waals surface area contributed by atoms with E-state index in [1.807, 2.05) is 60.7 Å². The molecule has 11 nitrogen and oxygen atoms in total. The maximum atomic E-state index is 12.9. The molecule has 1 fully saturated rings. The minimum absolute atomic E-state index is 0.0469. The molecule has 0 atom stereocenters. The molecule has 0 saturated carbocycles. The van der Waals surface area contributed by atoms with Gasteiger partial charge in [0.2, 0.25) is 0 Å². The van der Waals surface area contributed by atoms with Gasteiger partial charge >= 0.3 is 0 Å². The molecule has 0 radical (unpaired) electrons. The first kappa shape index (κ1) is 31.9. The summed E-state index contributed by atoms with van der Waals surface area (Å²) in [6, 6.07) is 29.6. The van der Waals surface area contributed by atoms with Crippen molar-refractivity contribution in [1.29, 1.82) is 0 Å². The van der Waals surface area contributed by atoms with Crippen molar-refractivity contribution in [2.45, 2.75) is 31.1 Å². The predicted octanol–water partition coefficient (Wildman–Crippen LogP) is 5.37. The first-order valence-electron chi connectivity index (χ1n) is 14.7. The van der Waals surface area contributed by atoms with Gasteiger partial charge in [-0.25, -0.2) is 23.4 Å². The lowest BCUT2D eigenvalue weighted by Crippen LogP contribution is -2.41. The molecule has 0 unspecified atom stereocenters. The number of fused-ring (bicyclic) bond motifs is 1. The van der Waals surface area contributed by atoms with Crippen molar-refractivity contribution in [3.63, 3.8) is 0 Å². The zero-order valence-electron chi connectivity index (χ0n) is 25.3. The van der Waals surface area contributed by atoms with Crippen molar-refractivity contribution >= 4 is 50.7 Å². The summed E-state index contributed by atoms with van der Waals surface area (Å²) in [6.45, 7) is 2.06. The number of unbranched alkanes of at least 4 members (excludes halogenated alkanes) is 1. The van der Waals surface area contributed by atoms with E-state index in [4.69, 9.17) is 0 Å². The van der Waals surface area contributed by atoms with Crippen molar-refractivity contribution in [1.82, 2.24) is 9.29 Å². The largest absolute Gasteiger partial charge is 0.505 e. The average molecular weight is 640 g/mol. The van der Waals surface area contributed by atoms with E-state index in [9.17, 15) is 27.9 Å². The third-order valence-corrected chi connectivity index (χ3v) is 9.32. The van der Waals surface area contributed by atoms with Crippen molar-refractivity contribution in [3.8, 4) is 0 Å². The van der Waals surface area contributed by atoms with E-state index in [2.05, 4.69) is 17.2 Å². The van der Waals surface area contributed by atoms with E-state index in [0.29, 0.717) is 17.8 Å². The zero-order chi connectivity index (χ0) is 32.8. The summed E-state index contributed by atoms with van der Waals surface area (Å²) >= 11 is 0. The Kier molecular flexibility index (Phi) is 9.47. The van der Waals surface area contributed by atoms with Gasteiger partial charge in [-0.05, 0) is 55.0 Å². The molecule has 236 valence electrons. The van der Waals surface area contributed by atoms with Gasteiger partial charge in [-0.2, -0.15) is 0 Å². The van der Waals surface area contributed by atoms with Gasteiger partial charge in [0.05, 0.1) is 16.3 Å². The molecule has 6 rings (SSSR count). The second kappa shape index (κ2) is 13.7. The molecule has 0 aliphatic carbocycles. The predicted molar refractivity (Wildman–Crippen MR) is 175 cm³/mol. The second-order valence-electron chi connectivity index (χ2n) is 10.5.